The third kappa shape index (κ3) is 4.58. The number of benzene rings is 1. The van der Waals surface area contributed by atoms with E-state index in [2.05, 4.69) is 29.7 Å². The van der Waals surface area contributed by atoms with E-state index in [0.29, 0.717) is 0 Å². The van der Waals surface area contributed by atoms with Gasteiger partial charge in [0.15, 0.2) is 0 Å². The van der Waals surface area contributed by atoms with Crippen LogP contribution in [0.15, 0.2) is 24.3 Å². The normalized spacial score (nSPS) is 16.3. The van der Waals surface area contributed by atoms with Gasteiger partial charge < -0.3 is 10.6 Å². The molecule has 2 N–H and O–H groups in total. The average molecular weight is 302 g/mol. The van der Waals surface area contributed by atoms with Gasteiger partial charge in [0.05, 0.1) is 12.6 Å². The Bertz CT molecular complexity index is 504. The third-order valence-corrected chi connectivity index (χ3v) is 4.41. The van der Waals surface area contributed by atoms with Gasteiger partial charge in [-0.05, 0) is 37.3 Å². The fourth-order valence-electron chi connectivity index (χ4n) is 2.92. The Morgan fingerprint density at radius 3 is 2.41 bits per heavy atom. The summed E-state index contributed by atoms with van der Waals surface area (Å²) in [6.45, 7) is 4.14. The maximum Gasteiger partial charge on any atom is 0.239 e. The predicted octanol–water partition coefficient (Wildman–Crippen LogP) is 2.73. The number of nitrogens with one attached hydrogen (secondary N) is 2. The molecule has 1 aliphatic carbocycles. The molecular formula is C18H26N2O2. The highest BCUT2D eigenvalue weighted by molar-refractivity contribution is 5.86. The van der Waals surface area contributed by atoms with Gasteiger partial charge in [-0.25, -0.2) is 0 Å². The molecule has 0 spiro atoms. The van der Waals surface area contributed by atoms with Gasteiger partial charge in [-0.3, -0.25) is 9.59 Å². The molecule has 1 fully saturated rings. The van der Waals surface area contributed by atoms with Gasteiger partial charge in [-0.1, -0.05) is 44.0 Å². The van der Waals surface area contributed by atoms with Crippen LogP contribution in [-0.4, -0.2) is 18.4 Å². The molecule has 0 bridgehead atoms. The number of hydrogen-bond donors (Lipinski definition) is 2. The lowest BCUT2D eigenvalue weighted by Crippen LogP contribution is -2.39. The zero-order chi connectivity index (χ0) is 15.9. The van der Waals surface area contributed by atoms with Crippen LogP contribution in [0, 0.1) is 5.92 Å². The topological polar surface area (TPSA) is 58.2 Å². The largest absolute Gasteiger partial charge is 0.348 e. The Morgan fingerprint density at radius 2 is 1.82 bits per heavy atom. The van der Waals surface area contributed by atoms with E-state index in [-0.39, 0.29) is 30.3 Å². The fraction of sp³-hybridized carbons (Fsp3) is 0.556. The summed E-state index contributed by atoms with van der Waals surface area (Å²) in [5.41, 5.74) is 2.36. The Hall–Kier alpha value is -1.84. The second-order valence-corrected chi connectivity index (χ2v) is 6.08. The van der Waals surface area contributed by atoms with Crippen molar-refractivity contribution >= 4 is 11.8 Å². The molecule has 2 rings (SSSR count). The number of rotatable bonds is 6. The van der Waals surface area contributed by atoms with Crippen LogP contribution < -0.4 is 10.6 Å². The van der Waals surface area contributed by atoms with Crippen LogP contribution in [0.4, 0.5) is 0 Å². The lowest BCUT2D eigenvalue weighted by molar-refractivity contribution is -0.128. The summed E-state index contributed by atoms with van der Waals surface area (Å²) in [5.74, 6) is -0.0159. The van der Waals surface area contributed by atoms with Crippen molar-refractivity contribution < 1.29 is 9.59 Å². The van der Waals surface area contributed by atoms with E-state index in [1.54, 1.807) is 0 Å². The first-order chi connectivity index (χ1) is 10.6. The summed E-state index contributed by atoms with van der Waals surface area (Å²) in [5, 5.41) is 5.67. The Labute approximate surface area is 132 Å². The second kappa shape index (κ2) is 7.97. The van der Waals surface area contributed by atoms with Crippen molar-refractivity contribution in [3.63, 3.8) is 0 Å². The molecule has 1 aromatic rings. The van der Waals surface area contributed by atoms with Crippen LogP contribution in [0.1, 0.15) is 56.7 Å². The fourth-order valence-corrected chi connectivity index (χ4v) is 2.92. The van der Waals surface area contributed by atoms with Gasteiger partial charge in [0.2, 0.25) is 11.8 Å². The molecule has 1 saturated carbocycles. The summed E-state index contributed by atoms with van der Waals surface area (Å²) < 4.78 is 0. The molecule has 1 aromatic carbocycles. The molecule has 0 aliphatic heterocycles. The zero-order valence-corrected chi connectivity index (χ0v) is 13.5. The molecule has 0 heterocycles. The first-order valence-corrected chi connectivity index (χ1v) is 8.26. The molecular weight excluding hydrogens is 276 g/mol. The number of amides is 2. The van der Waals surface area contributed by atoms with E-state index in [0.717, 1.165) is 37.7 Å². The van der Waals surface area contributed by atoms with E-state index in [9.17, 15) is 9.59 Å². The minimum absolute atomic E-state index is 0.0209. The maximum atomic E-state index is 11.9. The van der Waals surface area contributed by atoms with Gasteiger partial charge in [0, 0.05) is 5.92 Å². The summed E-state index contributed by atoms with van der Waals surface area (Å²) in [7, 11) is 0. The van der Waals surface area contributed by atoms with Gasteiger partial charge in [0.1, 0.15) is 0 Å². The smallest absolute Gasteiger partial charge is 0.239 e. The highest BCUT2D eigenvalue weighted by Crippen LogP contribution is 2.24. The van der Waals surface area contributed by atoms with Crippen molar-refractivity contribution in [2.45, 2.75) is 52.0 Å². The average Bonchev–Trinajstić information content (AvgIpc) is 3.07. The SMILES string of the molecule is CCc1ccc([C@@H](C)NC(=O)CNC(=O)C2CCCC2)cc1. The zero-order valence-electron chi connectivity index (χ0n) is 13.5. The van der Waals surface area contributed by atoms with Crippen LogP contribution in [0.2, 0.25) is 0 Å². The van der Waals surface area contributed by atoms with Crippen molar-refractivity contribution in [1.82, 2.24) is 10.6 Å². The molecule has 22 heavy (non-hydrogen) atoms. The molecule has 4 heteroatoms. The summed E-state index contributed by atoms with van der Waals surface area (Å²) in [6, 6.07) is 8.20. The van der Waals surface area contributed by atoms with Gasteiger partial charge >= 0.3 is 0 Å². The minimum Gasteiger partial charge on any atom is -0.348 e. The maximum absolute atomic E-state index is 11.9. The van der Waals surface area contributed by atoms with E-state index in [1.807, 2.05) is 19.1 Å². The van der Waals surface area contributed by atoms with E-state index in [4.69, 9.17) is 0 Å². The highest BCUT2D eigenvalue weighted by atomic mass is 16.2. The Kier molecular flexibility index (Phi) is 5.99. The highest BCUT2D eigenvalue weighted by Gasteiger charge is 2.22. The van der Waals surface area contributed by atoms with Crippen molar-refractivity contribution in [3.05, 3.63) is 35.4 Å². The molecule has 120 valence electrons. The number of hydrogen-bond acceptors (Lipinski definition) is 2. The van der Waals surface area contributed by atoms with Crippen LogP contribution in [0.25, 0.3) is 0 Å². The molecule has 0 unspecified atom stereocenters. The quantitative estimate of drug-likeness (QED) is 0.849. The van der Waals surface area contributed by atoms with Gasteiger partial charge in [-0.15, -0.1) is 0 Å². The minimum atomic E-state index is -0.140. The number of carbonyl (C=O) groups is 2. The van der Waals surface area contributed by atoms with Crippen molar-refractivity contribution in [2.75, 3.05) is 6.54 Å². The van der Waals surface area contributed by atoms with E-state index >= 15 is 0 Å². The molecule has 4 nitrogen and oxygen atoms in total. The lowest BCUT2D eigenvalue weighted by Gasteiger charge is -2.16. The van der Waals surface area contributed by atoms with Crippen LogP contribution in [0.5, 0.6) is 0 Å². The Morgan fingerprint density at radius 1 is 1.18 bits per heavy atom. The van der Waals surface area contributed by atoms with Gasteiger partial charge in [0.25, 0.3) is 0 Å². The third-order valence-electron chi connectivity index (χ3n) is 4.41. The molecule has 1 atom stereocenters. The summed E-state index contributed by atoms with van der Waals surface area (Å²) in [4.78, 5) is 23.8. The van der Waals surface area contributed by atoms with E-state index in [1.165, 1.54) is 5.56 Å². The summed E-state index contributed by atoms with van der Waals surface area (Å²) in [6.07, 6.45) is 5.15. The standard InChI is InChI=1S/C18H26N2O2/c1-3-14-8-10-15(11-9-14)13(2)20-17(21)12-19-18(22)16-6-4-5-7-16/h8-11,13,16H,3-7,12H2,1-2H3,(H,19,22)(H,20,21)/t13-/m1/s1. The first-order valence-electron chi connectivity index (χ1n) is 8.26. The molecule has 2 amide bonds. The Balaban J connectivity index is 1.76. The van der Waals surface area contributed by atoms with Crippen molar-refractivity contribution in [3.8, 4) is 0 Å². The molecule has 1 aliphatic rings. The number of aryl methyl sites for hydroxylation is 1. The first kappa shape index (κ1) is 16.5. The molecule has 0 radical (unpaired) electrons. The van der Waals surface area contributed by atoms with Crippen LogP contribution in [-0.2, 0) is 16.0 Å². The molecule has 0 saturated heterocycles. The predicted molar refractivity (Wildman–Crippen MR) is 87.3 cm³/mol. The van der Waals surface area contributed by atoms with Crippen molar-refractivity contribution in [2.24, 2.45) is 5.92 Å². The lowest BCUT2D eigenvalue weighted by atomic mass is 10.0. The van der Waals surface area contributed by atoms with Crippen LogP contribution >= 0.6 is 0 Å². The molecule has 0 aromatic heterocycles. The monoisotopic (exact) mass is 302 g/mol. The van der Waals surface area contributed by atoms with Gasteiger partial charge in [-0.2, -0.15) is 0 Å². The van der Waals surface area contributed by atoms with Crippen molar-refractivity contribution in [1.29, 1.82) is 0 Å². The number of carbonyl (C=O) groups excluding carboxylic acids is 2. The van der Waals surface area contributed by atoms with Crippen LogP contribution in [0.3, 0.4) is 0 Å². The summed E-state index contributed by atoms with van der Waals surface area (Å²) >= 11 is 0. The second-order valence-electron chi connectivity index (χ2n) is 6.08. The van der Waals surface area contributed by atoms with E-state index < -0.39 is 0 Å².